The summed E-state index contributed by atoms with van der Waals surface area (Å²) in [5.74, 6) is 1.58. The Labute approximate surface area is 203 Å². The molecule has 0 spiro atoms. The zero-order chi connectivity index (χ0) is 24.3. The molecule has 9 heteroatoms. The maximum Gasteiger partial charge on any atom is 0.410 e. The molecule has 5 fully saturated rings. The Hall–Kier alpha value is -3.23. The molecule has 184 valence electrons. The summed E-state index contributed by atoms with van der Waals surface area (Å²) in [6.07, 6.45) is 10.1. The Kier molecular flexibility index (Phi) is 5.19. The maximum absolute atomic E-state index is 13.1. The van der Waals surface area contributed by atoms with Crippen LogP contribution >= 0.6 is 0 Å². The van der Waals surface area contributed by atoms with E-state index < -0.39 is 0 Å². The number of hydrogen-bond donors (Lipinski definition) is 1. The van der Waals surface area contributed by atoms with Crippen molar-refractivity contribution >= 4 is 12.0 Å². The summed E-state index contributed by atoms with van der Waals surface area (Å²) in [5, 5.41) is 0. The summed E-state index contributed by atoms with van der Waals surface area (Å²) in [5.41, 5.74) is 6.89. The van der Waals surface area contributed by atoms with E-state index in [1.165, 1.54) is 4.57 Å². The highest BCUT2D eigenvalue weighted by Gasteiger charge is 2.59. The standard InChI is InChI=1S/C26H31N5O4/c1-30-4-2-16(8-21(30)32)20-12-28-23(29-13-20)17-3-5-31(14-17)25(34)35-22-18-6-15-7-19(22)11-26(9-15,10-18)24(27)33/h2,4,8,12-13,15,17-19,22H,3,5-7,9-11,14H2,1H3,(H2,27,33). The summed E-state index contributed by atoms with van der Waals surface area (Å²) in [6.45, 7) is 1.14. The molecule has 3 atom stereocenters. The third kappa shape index (κ3) is 3.81. The monoisotopic (exact) mass is 477 g/mol. The molecule has 2 amide bonds. The van der Waals surface area contributed by atoms with Gasteiger partial charge < -0.3 is 19.9 Å². The second-order valence-electron chi connectivity index (χ2n) is 11.1. The number of likely N-dealkylation sites (tertiary alicyclic amines) is 1. The Morgan fingerprint density at radius 1 is 1.11 bits per heavy atom. The van der Waals surface area contributed by atoms with E-state index in [4.69, 9.17) is 10.5 Å². The number of primary amides is 1. The van der Waals surface area contributed by atoms with Gasteiger partial charge in [0, 0.05) is 56.3 Å². The van der Waals surface area contributed by atoms with Gasteiger partial charge in [-0.05, 0) is 67.9 Å². The fraction of sp³-hybridized carbons (Fsp3) is 0.577. The lowest BCUT2D eigenvalue weighted by molar-refractivity contribution is -0.161. The average Bonchev–Trinajstić information content (AvgIpc) is 3.33. The summed E-state index contributed by atoms with van der Waals surface area (Å²) >= 11 is 0. The predicted octanol–water partition coefficient (Wildman–Crippen LogP) is 2.45. The van der Waals surface area contributed by atoms with Crippen molar-refractivity contribution in [2.45, 2.75) is 50.5 Å². The van der Waals surface area contributed by atoms with Crippen LogP contribution in [0, 0.1) is 23.2 Å². The number of carbonyl (C=O) groups excluding carboxylic acids is 2. The van der Waals surface area contributed by atoms with E-state index in [0.717, 1.165) is 49.7 Å². The van der Waals surface area contributed by atoms with E-state index in [9.17, 15) is 14.4 Å². The molecule has 2 N–H and O–H groups in total. The molecule has 4 aliphatic carbocycles. The van der Waals surface area contributed by atoms with Crippen molar-refractivity contribution in [3.63, 3.8) is 0 Å². The Morgan fingerprint density at radius 2 is 1.83 bits per heavy atom. The van der Waals surface area contributed by atoms with Crippen molar-refractivity contribution in [2.75, 3.05) is 13.1 Å². The summed E-state index contributed by atoms with van der Waals surface area (Å²) < 4.78 is 7.60. The third-order valence-electron chi connectivity index (χ3n) is 8.87. The van der Waals surface area contributed by atoms with Crippen LogP contribution in [0.25, 0.3) is 11.1 Å². The molecule has 0 aromatic carbocycles. The number of ether oxygens (including phenoxy) is 1. The number of nitrogens with two attached hydrogens (primary N) is 1. The summed E-state index contributed by atoms with van der Waals surface area (Å²) in [6, 6.07) is 3.43. The Morgan fingerprint density at radius 3 is 2.49 bits per heavy atom. The van der Waals surface area contributed by atoms with E-state index in [1.54, 1.807) is 36.6 Å². The van der Waals surface area contributed by atoms with Gasteiger partial charge in [0.2, 0.25) is 5.91 Å². The van der Waals surface area contributed by atoms with Gasteiger partial charge in [-0.1, -0.05) is 0 Å². The van der Waals surface area contributed by atoms with Crippen LogP contribution in [0.2, 0.25) is 0 Å². The number of aromatic nitrogens is 3. The van der Waals surface area contributed by atoms with Gasteiger partial charge in [0.1, 0.15) is 11.9 Å². The van der Waals surface area contributed by atoms with Crippen molar-refractivity contribution in [1.29, 1.82) is 0 Å². The van der Waals surface area contributed by atoms with E-state index in [-0.39, 0.29) is 46.8 Å². The van der Waals surface area contributed by atoms with Gasteiger partial charge in [-0.2, -0.15) is 0 Å². The minimum absolute atomic E-state index is 0.0527. The van der Waals surface area contributed by atoms with E-state index in [0.29, 0.717) is 24.8 Å². The Balaban J connectivity index is 1.09. The first-order chi connectivity index (χ1) is 16.8. The fourth-order valence-electron chi connectivity index (χ4n) is 7.23. The SMILES string of the molecule is Cn1ccc(-c2cnc(C3CCN(C(=O)OC4C5CC6CC4CC(C(N)=O)(C6)C5)C3)nc2)cc1=O. The normalized spacial score (nSPS) is 33.2. The van der Waals surface area contributed by atoms with Crippen LogP contribution in [-0.4, -0.2) is 50.6 Å². The summed E-state index contributed by atoms with van der Waals surface area (Å²) in [4.78, 5) is 48.0. The highest BCUT2D eigenvalue weighted by atomic mass is 16.6. The molecule has 2 aromatic rings. The van der Waals surface area contributed by atoms with Crippen LogP contribution in [0.4, 0.5) is 4.79 Å². The highest BCUT2D eigenvalue weighted by Crippen LogP contribution is 2.60. The molecule has 4 saturated carbocycles. The van der Waals surface area contributed by atoms with Gasteiger partial charge >= 0.3 is 6.09 Å². The molecular formula is C26H31N5O4. The molecule has 35 heavy (non-hydrogen) atoms. The number of aryl methyl sites for hydroxylation is 1. The second kappa shape index (κ2) is 8.17. The van der Waals surface area contributed by atoms with Gasteiger partial charge in [-0.15, -0.1) is 0 Å². The number of pyridine rings is 1. The van der Waals surface area contributed by atoms with Crippen molar-refractivity contribution in [3.8, 4) is 11.1 Å². The average molecular weight is 478 g/mol. The molecular weight excluding hydrogens is 446 g/mol. The molecule has 3 heterocycles. The van der Waals surface area contributed by atoms with E-state index in [1.807, 2.05) is 6.07 Å². The van der Waals surface area contributed by atoms with Crippen LogP contribution in [0.15, 0.2) is 35.5 Å². The van der Waals surface area contributed by atoms with Crippen molar-refractivity contribution in [2.24, 2.45) is 36.0 Å². The lowest BCUT2D eigenvalue weighted by atomic mass is 9.48. The molecule has 1 saturated heterocycles. The van der Waals surface area contributed by atoms with Gasteiger partial charge in [-0.3, -0.25) is 9.59 Å². The first-order valence-corrected chi connectivity index (χ1v) is 12.6. The van der Waals surface area contributed by atoms with Crippen LogP contribution in [0.3, 0.4) is 0 Å². The van der Waals surface area contributed by atoms with Gasteiger partial charge in [0.25, 0.3) is 5.56 Å². The lowest BCUT2D eigenvalue weighted by Crippen LogP contribution is -2.59. The maximum atomic E-state index is 13.1. The zero-order valence-electron chi connectivity index (χ0n) is 19.9. The topological polar surface area (TPSA) is 120 Å². The Bertz CT molecular complexity index is 1210. The summed E-state index contributed by atoms with van der Waals surface area (Å²) in [7, 11) is 1.71. The first-order valence-electron chi connectivity index (χ1n) is 12.6. The van der Waals surface area contributed by atoms with Gasteiger partial charge in [0.15, 0.2) is 0 Å². The van der Waals surface area contributed by atoms with E-state index >= 15 is 0 Å². The van der Waals surface area contributed by atoms with Crippen molar-refractivity contribution < 1.29 is 14.3 Å². The fourth-order valence-corrected chi connectivity index (χ4v) is 7.23. The lowest BCUT2D eigenvalue weighted by Gasteiger charge is -2.58. The molecule has 0 radical (unpaired) electrons. The molecule has 3 unspecified atom stereocenters. The minimum atomic E-state index is -0.381. The molecule has 1 aliphatic heterocycles. The van der Waals surface area contributed by atoms with Crippen LogP contribution < -0.4 is 11.3 Å². The molecule has 7 rings (SSSR count). The van der Waals surface area contributed by atoms with E-state index in [2.05, 4.69) is 9.97 Å². The molecule has 5 aliphatic rings. The van der Waals surface area contributed by atoms with Crippen molar-refractivity contribution in [1.82, 2.24) is 19.4 Å². The molecule has 4 bridgehead atoms. The zero-order valence-corrected chi connectivity index (χ0v) is 19.9. The minimum Gasteiger partial charge on any atom is -0.446 e. The number of carbonyl (C=O) groups is 2. The molecule has 9 nitrogen and oxygen atoms in total. The number of nitrogens with zero attached hydrogens (tertiary/aromatic N) is 4. The van der Waals surface area contributed by atoms with Gasteiger partial charge in [-0.25, -0.2) is 14.8 Å². The highest BCUT2D eigenvalue weighted by molar-refractivity contribution is 5.81. The van der Waals surface area contributed by atoms with Crippen LogP contribution in [0.1, 0.15) is 50.3 Å². The molecule has 2 aromatic heterocycles. The quantitative estimate of drug-likeness (QED) is 0.722. The first kappa shape index (κ1) is 22.2. The number of hydrogen-bond acceptors (Lipinski definition) is 6. The van der Waals surface area contributed by atoms with Gasteiger partial charge in [0.05, 0.1) is 5.41 Å². The number of rotatable bonds is 4. The predicted molar refractivity (Wildman–Crippen MR) is 127 cm³/mol. The van der Waals surface area contributed by atoms with Crippen molar-refractivity contribution in [3.05, 3.63) is 46.9 Å². The van der Waals surface area contributed by atoms with Crippen LogP contribution in [0.5, 0.6) is 0 Å². The number of amides is 2. The third-order valence-corrected chi connectivity index (χ3v) is 8.87. The van der Waals surface area contributed by atoms with Crippen LogP contribution in [-0.2, 0) is 16.6 Å². The smallest absolute Gasteiger partial charge is 0.410 e. The second-order valence-corrected chi connectivity index (χ2v) is 11.1. The largest absolute Gasteiger partial charge is 0.446 e.